The van der Waals surface area contributed by atoms with Crippen LogP contribution in [0.1, 0.15) is 29.5 Å². The molecule has 26 heavy (non-hydrogen) atoms. The van der Waals surface area contributed by atoms with Crippen molar-refractivity contribution in [1.29, 1.82) is 5.26 Å². The van der Waals surface area contributed by atoms with Crippen LogP contribution in [0, 0.1) is 30.0 Å². The summed E-state index contributed by atoms with van der Waals surface area (Å²) in [6.45, 7) is 3.83. The number of hydrogen-bond acceptors (Lipinski definition) is 3. The lowest BCUT2D eigenvalue weighted by Gasteiger charge is -2.33. The topological polar surface area (TPSA) is 56.1 Å². The highest BCUT2D eigenvalue weighted by molar-refractivity contribution is 5.79. The maximum Gasteiger partial charge on any atom is 0.223 e. The Labute approximate surface area is 153 Å². The third kappa shape index (κ3) is 4.20. The Bertz CT molecular complexity index is 818. The Morgan fingerprint density at radius 3 is 2.54 bits per heavy atom. The number of anilines is 1. The molecule has 0 radical (unpaired) electrons. The molecule has 0 spiro atoms. The van der Waals surface area contributed by atoms with Gasteiger partial charge in [-0.1, -0.05) is 29.8 Å². The first-order chi connectivity index (χ1) is 12.6. The van der Waals surface area contributed by atoms with Crippen LogP contribution < -0.4 is 10.2 Å². The third-order valence-electron chi connectivity index (χ3n) is 4.87. The molecule has 2 aromatic rings. The van der Waals surface area contributed by atoms with Crippen molar-refractivity contribution in [2.45, 2.75) is 26.3 Å². The molecule has 0 aromatic heterocycles. The summed E-state index contributed by atoms with van der Waals surface area (Å²) in [4.78, 5) is 14.3. The molecule has 3 rings (SSSR count). The average Bonchev–Trinajstić information content (AvgIpc) is 2.67. The Morgan fingerprint density at radius 1 is 1.23 bits per heavy atom. The predicted molar refractivity (Wildman–Crippen MR) is 99.1 cm³/mol. The van der Waals surface area contributed by atoms with Gasteiger partial charge >= 0.3 is 0 Å². The zero-order valence-corrected chi connectivity index (χ0v) is 14.8. The van der Waals surface area contributed by atoms with Gasteiger partial charge in [-0.2, -0.15) is 5.26 Å². The molecule has 1 amide bonds. The summed E-state index contributed by atoms with van der Waals surface area (Å²) >= 11 is 0. The minimum absolute atomic E-state index is 0.0434. The van der Waals surface area contributed by atoms with Gasteiger partial charge in [0, 0.05) is 25.6 Å². The van der Waals surface area contributed by atoms with Crippen molar-refractivity contribution < 1.29 is 9.18 Å². The molecule has 1 aliphatic heterocycles. The molecule has 5 heteroatoms. The molecule has 0 unspecified atom stereocenters. The number of aryl methyl sites for hydroxylation is 1. The lowest BCUT2D eigenvalue weighted by atomic mass is 9.95. The van der Waals surface area contributed by atoms with Crippen LogP contribution in [0.3, 0.4) is 0 Å². The molecule has 134 valence electrons. The number of nitrogens with zero attached hydrogens (tertiary/aromatic N) is 2. The van der Waals surface area contributed by atoms with E-state index in [9.17, 15) is 9.18 Å². The molecule has 1 fully saturated rings. The standard InChI is InChI=1S/C21H22FN3O/c1-15-2-4-16(5-3-15)14-24-21(26)18-8-10-25(11-9-18)20-7-6-17(13-23)12-19(20)22/h2-7,12,18H,8-11,14H2,1H3,(H,24,26). The number of rotatable bonds is 4. The highest BCUT2D eigenvalue weighted by atomic mass is 19.1. The van der Waals surface area contributed by atoms with Crippen LogP contribution in [-0.2, 0) is 11.3 Å². The highest BCUT2D eigenvalue weighted by Crippen LogP contribution is 2.26. The zero-order chi connectivity index (χ0) is 18.5. The molecule has 1 N–H and O–H groups in total. The van der Waals surface area contributed by atoms with E-state index < -0.39 is 0 Å². The van der Waals surface area contributed by atoms with Gasteiger partial charge in [-0.3, -0.25) is 4.79 Å². The van der Waals surface area contributed by atoms with E-state index in [1.807, 2.05) is 42.2 Å². The number of piperidine rings is 1. The van der Waals surface area contributed by atoms with Crippen LogP contribution in [0.4, 0.5) is 10.1 Å². The number of hydrogen-bond donors (Lipinski definition) is 1. The van der Waals surface area contributed by atoms with E-state index in [-0.39, 0.29) is 17.6 Å². The van der Waals surface area contributed by atoms with Crippen LogP contribution in [0.2, 0.25) is 0 Å². The Morgan fingerprint density at radius 2 is 1.92 bits per heavy atom. The smallest absolute Gasteiger partial charge is 0.223 e. The fraction of sp³-hybridized carbons (Fsp3) is 0.333. The first-order valence-electron chi connectivity index (χ1n) is 8.84. The fourth-order valence-electron chi connectivity index (χ4n) is 3.25. The molecule has 1 saturated heterocycles. The molecule has 0 bridgehead atoms. The predicted octanol–water partition coefficient (Wildman–Crippen LogP) is 3.54. The first-order valence-corrected chi connectivity index (χ1v) is 8.84. The number of nitrogens with one attached hydrogen (secondary N) is 1. The number of carbonyl (C=O) groups is 1. The van der Waals surface area contributed by atoms with E-state index >= 15 is 0 Å². The van der Waals surface area contributed by atoms with Gasteiger partial charge in [-0.15, -0.1) is 0 Å². The van der Waals surface area contributed by atoms with Crippen molar-refractivity contribution in [3.8, 4) is 6.07 Å². The monoisotopic (exact) mass is 351 g/mol. The number of halogens is 1. The summed E-state index contributed by atoms with van der Waals surface area (Å²) in [5.41, 5.74) is 3.10. The second-order valence-corrected chi connectivity index (χ2v) is 6.74. The SMILES string of the molecule is Cc1ccc(CNC(=O)C2CCN(c3ccc(C#N)cc3F)CC2)cc1. The average molecular weight is 351 g/mol. The second kappa shape index (κ2) is 8.01. The minimum atomic E-state index is -0.383. The second-order valence-electron chi connectivity index (χ2n) is 6.74. The van der Waals surface area contributed by atoms with E-state index in [4.69, 9.17) is 5.26 Å². The van der Waals surface area contributed by atoms with Crippen molar-refractivity contribution in [1.82, 2.24) is 5.32 Å². The summed E-state index contributed by atoms with van der Waals surface area (Å²) in [5, 5.41) is 11.8. The van der Waals surface area contributed by atoms with Gasteiger partial charge in [0.2, 0.25) is 5.91 Å². The molecule has 1 heterocycles. The van der Waals surface area contributed by atoms with Crippen LogP contribution in [0.25, 0.3) is 0 Å². The first kappa shape index (κ1) is 17.9. The molecule has 1 aliphatic rings. The Hall–Kier alpha value is -2.87. The summed E-state index contributed by atoms with van der Waals surface area (Å²) in [5.74, 6) is -0.366. The van der Waals surface area contributed by atoms with E-state index in [0.717, 1.165) is 5.56 Å². The van der Waals surface area contributed by atoms with Crippen LogP contribution in [0.5, 0.6) is 0 Å². The van der Waals surface area contributed by atoms with Crippen molar-refractivity contribution in [2.24, 2.45) is 5.92 Å². The van der Waals surface area contributed by atoms with E-state index in [1.165, 1.54) is 11.6 Å². The summed E-state index contributed by atoms with van der Waals surface area (Å²) in [6.07, 6.45) is 1.39. The Kier molecular flexibility index (Phi) is 5.52. The van der Waals surface area contributed by atoms with Crippen molar-refractivity contribution in [2.75, 3.05) is 18.0 Å². The summed E-state index contributed by atoms with van der Waals surface area (Å²) < 4.78 is 14.1. The minimum Gasteiger partial charge on any atom is -0.369 e. The van der Waals surface area contributed by atoms with Gasteiger partial charge in [0.05, 0.1) is 17.3 Å². The van der Waals surface area contributed by atoms with Gasteiger partial charge in [-0.25, -0.2) is 4.39 Å². The molecule has 2 aromatic carbocycles. The van der Waals surface area contributed by atoms with Crippen molar-refractivity contribution >= 4 is 11.6 Å². The van der Waals surface area contributed by atoms with Crippen LogP contribution in [0.15, 0.2) is 42.5 Å². The molecule has 4 nitrogen and oxygen atoms in total. The van der Waals surface area contributed by atoms with E-state index in [1.54, 1.807) is 12.1 Å². The normalized spacial score (nSPS) is 14.7. The summed E-state index contributed by atoms with van der Waals surface area (Å²) in [7, 11) is 0. The van der Waals surface area contributed by atoms with E-state index in [2.05, 4.69) is 5.32 Å². The molecular formula is C21H22FN3O. The van der Waals surface area contributed by atoms with Crippen molar-refractivity contribution in [3.63, 3.8) is 0 Å². The molecule has 0 aliphatic carbocycles. The summed E-state index contributed by atoms with van der Waals surface area (Å²) in [6, 6.07) is 14.6. The lowest BCUT2D eigenvalue weighted by Crippen LogP contribution is -2.40. The van der Waals surface area contributed by atoms with Gasteiger partial charge in [0.25, 0.3) is 0 Å². The van der Waals surface area contributed by atoms with Gasteiger partial charge in [0.15, 0.2) is 0 Å². The third-order valence-corrected chi connectivity index (χ3v) is 4.87. The highest BCUT2D eigenvalue weighted by Gasteiger charge is 2.26. The number of nitriles is 1. The number of carbonyl (C=O) groups excluding carboxylic acids is 1. The largest absolute Gasteiger partial charge is 0.369 e. The van der Waals surface area contributed by atoms with Gasteiger partial charge in [-0.05, 0) is 43.5 Å². The fourth-order valence-corrected chi connectivity index (χ4v) is 3.25. The van der Waals surface area contributed by atoms with Gasteiger partial charge < -0.3 is 10.2 Å². The van der Waals surface area contributed by atoms with Crippen LogP contribution >= 0.6 is 0 Å². The zero-order valence-electron chi connectivity index (χ0n) is 14.8. The quantitative estimate of drug-likeness (QED) is 0.917. The molecule has 0 saturated carbocycles. The maximum absolute atomic E-state index is 14.1. The number of amides is 1. The van der Waals surface area contributed by atoms with Crippen molar-refractivity contribution in [3.05, 3.63) is 65.0 Å². The number of benzene rings is 2. The molecule has 0 atom stereocenters. The molecular weight excluding hydrogens is 329 g/mol. The lowest BCUT2D eigenvalue weighted by molar-refractivity contribution is -0.125. The van der Waals surface area contributed by atoms with E-state index in [0.29, 0.717) is 43.7 Å². The van der Waals surface area contributed by atoms with Crippen LogP contribution in [-0.4, -0.2) is 19.0 Å². The van der Waals surface area contributed by atoms with Gasteiger partial charge in [0.1, 0.15) is 5.82 Å². The maximum atomic E-state index is 14.1. The Balaban J connectivity index is 1.52.